The van der Waals surface area contributed by atoms with Gasteiger partial charge in [0.1, 0.15) is 12.7 Å². The molecule has 5 rings (SSSR count). The Hall–Kier alpha value is -1.63. The number of cyclic esters (lactones) is 1. The first-order chi connectivity index (χ1) is 14.4. The van der Waals surface area contributed by atoms with E-state index < -0.39 is 17.9 Å². The lowest BCUT2D eigenvalue weighted by atomic mass is 9.59. The number of hydrogen-bond donors (Lipinski definition) is 0. The van der Waals surface area contributed by atoms with E-state index in [2.05, 4.69) is 13.8 Å². The lowest BCUT2D eigenvalue weighted by Gasteiger charge is -2.45. The summed E-state index contributed by atoms with van der Waals surface area (Å²) in [5.74, 6) is 1.98. The molecule has 11 atom stereocenters. The molecule has 7 nitrogen and oxygen atoms in total. The van der Waals surface area contributed by atoms with E-state index in [-0.39, 0.29) is 49.6 Å². The molecule has 7 heteroatoms. The molecule has 0 radical (unpaired) electrons. The van der Waals surface area contributed by atoms with Crippen LogP contribution in [0.5, 0.6) is 0 Å². The number of esters is 3. The molecule has 0 aromatic heterocycles. The minimum absolute atomic E-state index is 0.0798. The van der Waals surface area contributed by atoms with Gasteiger partial charge in [0.2, 0.25) is 0 Å². The van der Waals surface area contributed by atoms with Crippen molar-refractivity contribution in [2.45, 2.75) is 46.1 Å². The van der Waals surface area contributed by atoms with E-state index in [0.717, 1.165) is 6.42 Å². The minimum atomic E-state index is -0.543. The topological polar surface area (TPSA) is 88.1 Å². The summed E-state index contributed by atoms with van der Waals surface area (Å²) in [7, 11) is 0. The highest BCUT2D eigenvalue weighted by Crippen LogP contribution is 2.72. The van der Waals surface area contributed by atoms with Crippen molar-refractivity contribution in [1.82, 2.24) is 0 Å². The van der Waals surface area contributed by atoms with Crippen molar-refractivity contribution >= 4 is 17.9 Å². The fraction of sp³-hybridized carbons (Fsp3) is 0.870. The first kappa shape index (κ1) is 20.3. The molecular weight excluding hydrogens is 388 g/mol. The van der Waals surface area contributed by atoms with Gasteiger partial charge in [-0.1, -0.05) is 13.8 Å². The number of fused-ring (bicyclic) bond motifs is 9. The summed E-state index contributed by atoms with van der Waals surface area (Å²) >= 11 is 0. The van der Waals surface area contributed by atoms with Crippen LogP contribution >= 0.6 is 0 Å². The first-order valence-electron chi connectivity index (χ1n) is 11.5. The van der Waals surface area contributed by atoms with Gasteiger partial charge in [0.25, 0.3) is 0 Å². The third-order valence-corrected chi connectivity index (χ3v) is 9.14. The Morgan fingerprint density at radius 2 is 1.57 bits per heavy atom. The zero-order valence-electron chi connectivity index (χ0n) is 18.0. The average Bonchev–Trinajstić information content (AvgIpc) is 3.49. The molecular formula is C23H32O7. The first-order valence-corrected chi connectivity index (χ1v) is 11.5. The predicted molar refractivity (Wildman–Crippen MR) is 104 cm³/mol. The summed E-state index contributed by atoms with van der Waals surface area (Å²) in [6.45, 7) is 7.04. The van der Waals surface area contributed by atoms with Crippen molar-refractivity contribution < 1.29 is 33.3 Å². The van der Waals surface area contributed by atoms with Gasteiger partial charge in [0.05, 0.1) is 18.3 Å². The quantitative estimate of drug-likeness (QED) is 0.214. The van der Waals surface area contributed by atoms with Crippen LogP contribution in [0.1, 0.15) is 40.0 Å². The summed E-state index contributed by atoms with van der Waals surface area (Å²) in [5.41, 5.74) is 0. The number of rotatable bonds is 6. The van der Waals surface area contributed by atoms with Gasteiger partial charge in [-0.15, -0.1) is 0 Å². The van der Waals surface area contributed by atoms with Gasteiger partial charge < -0.3 is 18.9 Å². The van der Waals surface area contributed by atoms with Crippen LogP contribution in [-0.2, 0) is 33.3 Å². The Morgan fingerprint density at radius 3 is 2.13 bits per heavy atom. The monoisotopic (exact) mass is 420 g/mol. The summed E-state index contributed by atoms with van der Waals surface area (Å²) in [4.78, 5) is 37.7. The second kappa shape index (κ2) is 7.50. The summed E-state index contributed by atoms with van der Waals surface area (Å²) in [6, 6.07) is 0. The van der Waals surface area contributed by atoms with E-state index >= 15 is 0 Å². The van der Waals surface area contributed by atoms with Crippen LogP contribution in [0.25, 0.3) is 0 Å². The maximum absolute atomic E-state index is 13.3. The van der Waals surface area contributed by atoms with Crippen molar-refractivity contribution in [2.75, 3.05) is 20.0 Å². The lowest BCUT2D eigenvalue weighted by molar-refractivity contribution is -0.177. The van der Waals surface area contributed by atoms with E-state index in [0.29, 0.717) is 42.1 Å². The summed E-state index contributed by atoms with van der Waals surface area (Å²) in [5, 5.41) is 0. The van der Waals surface area contributed by atoms with Gasteiger partial charge in [0.15, 0.2) is 6.79 Å². The van der Waals surface area contributed by atoms with Crippen LogP contribution in [0.2, 0.25) is 0 Å². The van der Waals surface area contributed by atoms with Gasteiger partial charge >= 0.3 is 17.9 Å². The molecule has 166 valence electrons. The number of hydrogen-bond acceptors (Lipinski definition) is 7. The molecule has 4 saturated carbocycles. The SMILES string of the molecule is CCOCOC(=O)C1C2CC(C1C(=O)OC1COC(=O)C1)C1C3CC(C(C)C3C)C21. The molecule has 4 bridgehead atoms. The molecule has 1 heterocycles. The van der Waals surface area contributed by atoms with E-state index in [1.54, 1.807) is 0 Å². The van der Waals surface area contributed by atoms with Crippen LogP contribution in [0.15, 0.2) is 0 Å². The highest BCUT2D eigenvalue weighted by atomic mass is 16.7. The van der Waals surface area contributed by atoms with Crippen molar-refractivity contribution in [1.29, 1.82) is 0 Å². The third kappa shape index (κ3) is 2.91. The van der Waals surface area contributed by atoms with Crippen LogP contribution in [0.4, 0.5) is 0 Å². The molecule has 0 aromatic carbocycles. The average molecular weight is 421 g/mol. The molecule has 5 fully saturated rings. The zero-order chi connectivity index (χ0) is 21.2. The Bertz CT molecular complexity index is 735. The third-order valence-electron chi connectivity index (χ3n) is 9.14. The van der Waals surface area contributed by atoms with Crippen molar-refractivity contribution in [2.24, 2.45) is 59.2 Å². The van der Waals surface area contributed by atoms with Gasteiger partial charge in [-0.05, 0) is 67.1 Å². The van der Waals surface area contributed by atoms with Gasteiger partial charge in [0, 0.05) is 6.61 Å². The standard InChI is InChI=1S/C23H32O7/c1-4-27-9-29-22(25)20-15-7-16(19-14-6-13(18(15)19)10(2)11(14)3)21(20)23(26)30-12-5-17(24)28-8-12/h10-16,18-21H,4-9H2,1-3H3. The zero-order valence-corrected chi connectivity index (χ0v) is 18.0. The lowest BCUT2D eigenvalue weighted by Crippen LogP contribution is -2.48. The van der Waals surface area contributed by atoms with Crippen molar-refractivity contribution in [3.63, 3.8) is 0 Å². The van der Waals surface area contributed by atoms with Gasteiger partial charge in [-0.25, -0.2) is 0 Å². The minimum Gasteiger partial charge on any atom is -0.462 e. The van der Waals surface area contributed by atoms with E-state index in [9.17, 15) is 14.4 Å². The van der Waals surface area contributed by atoms with E-state index in [4.69, 9.17) is 18.9 Å². The Kier molecular flexibility index (Phi) is 5.07. The Labute approximate surface area is 177 Å². The molecule has 0 spiro atoms. The maximum Gasteiger partial charge on any atom is 0.312 e. The molecule has 1 aliphatic heterocycles. The second-order valence-electron chi connectivity index (χ2n) is 10.1. The molecule has 0 N–H and O–H groups in total. The molecule has 1 saturated heterocycles. The van der Waals surface area contributed by atoms with Gasteiger partial charge in [-0.2, -0.15) is 0 Å². The van der Waals surface area contributed by atoms with Crippen LogP contribution in [0.3, 0.4) is 0 Å². The van der Waals surface area contributed by atoms with Gasteiger partial charge in [-0.3, -0.25) is 14.4 Å². The van der Waals surface area contributed by atoms with Crippen LogP contribution in [0, 0.1) is 59.2 Å². The fourth-order valence-corrected chi connectivity index (χ4v) is 7.98. The second-order valence-corrected chi connectivity index (χ2v) is 10.1. The van der Waals surface area contributed by atoms with E-state index in [1.165, 1.54) is 6.42 Å². The normalized spacial score (nSPS) is 48.0. The Morgan fingerprint density at radius 1 is 0.967 bits per heavy atom. The van der Waals surface area contributed by atoms with Crippen LogP contribution < -0.4 is 0 Å². The number of carbonyl (C=O) groups excluding carboxylic acids is 3. The maximum atomic E-state index is 13.3. The smallest absolute Gasteiger partial charge is 0.312 e. The number of ether oxygens (including phenoxy) is 4. The van der Waals surface area contributed by atoms with E-state index in [1.807, 2.05) is 6.92 Å². The molecule has 0 amide bonds. The summed E-state index contributed by atoms with van der Waals surface area (Å²) in [6.07, 6.45) is 1.67. The highest BCUT2D eigenvalue weighted by molar-refractivity contribution is 5.84. The molecule has 30 heavy (non-hydrogen) atoms. The predicted octanol–water partition coefficient (Wildman–Crippen LogP) is 2.42. The van der Waals surface area contributed by atoms with Crippen molar-refractivity contribution in [3.05, 3.63) is 0 Å². The highest BCUT2D eigenvalue weighted by Gasteiger charge is 2.71. The largest absolute Gasteiger partial charge is 0.462 e. The number of carbonyl (C=O) groups is 3. The summed E-state index contributed by atoms with van der Waals surface area (Å²) < 4.78 is 21.2. The molecule has 11 unspecified atom stereocenters. The van der Waals surface area contributed by atoms with Crippen LogP contribution in [-0.4, -0.2) is 44.0 Å². The Balaban J connectivity index is 1.38. The van der Waals surface area contributed by atoms with Crippen molar-refractivity contribution in [3.8, 4) is 0 Å². The molecule has 0 aromatic rings. The fourth-order valence-electron chi connectivity index (χ4n) is 7.98. The molecule has 4 aliphatic carbocycles. The molecule has 5 aliphatic rings.